The molecular formula is C25H36O5Si. The van der Waals surface area contributed by atoms with Gasteiger partial charge in [0.2, 0.25) is 0 Å². The van der Waals surface area contributed by atoms with E-state index in [0.717, 1.165) is 17.1 Å². The molecule has 1 aromatic carbocycles. The standard InChI is InChI=1S/C25H36O5Si/c1-17(2)31(18(3)4,19(5)6)30-25-15-21(10-14-24(25)27-8)9-11-22-12-13-23(29-22)16-28-20(7)26/h9-15,17-19H,16H2,1-8H3. The van der Waals surface area contributed by atoms with Crippen molar-refractivity contribution >= 4 is 26.4 Å². The molecule has 0 aliphatic carbocycles. The summed E-state index contributed by atoms with van der Waals surface area (Å²) in [6.45, 7) is 15.1. The van der Waals surface area contributed by atoms with Crippen LogP contribution < -0.4 is 9.16 Å². The topological polar surface area (TPSA) is 57.9 Å². The van der Waals surface area contributed by atoms with Gasteiger partial charge in [0, 0.05) is 6.92 Å². The summed E-state index contributed by atoms with van der Waals surface area (Å²) in [5.74, 6) is 2.51. The van der Waals surface area contributed by atoms with E-state index in [0.29, 0.717) is 28.1 Å². The summed E-state index contributed by atoms with van der Waals surface area (Å²) in [6, 6.07) is 9.63. The third kappa shape index (κ3) is 6.03. The van der Waals surface area contributed by atoms with Crippen LogP contribution >= 0.6 is 0 Å². The zero-order valence-electron chi connectivity index (χ0n) is 20.0. The van der Waals surface area contributed by atoms with Crippen LogP contribution in [0.4, 0.5) is 0 Å². The lowest BCUT2D eigenvalue weighted by Crippen LogP contribution is -2.50. The first-order valence-electron chi connectivity index (χ1n) is 10.9. The molecule has 0 saturated heterocycles. The third-order valence-electron chi connectivity index (χ3n) is 5.72. The smallest absolute Gasteiger partial charge is 0.303 e. The summed E-state index contributed by atoms with van der Waals surface area (Å²) in [5, 5.41) is 0. The molecule has 0 N–H and O–H groups in total. The van der Waals surface area contributed by atoms with E-state index in [1.165, 1.54) is 6.92 Å². The van der Waals surface area contributed by atoms with E-state index in [-0.39, 0.29) is 12.6 Å². The van der Waals surface area contributed by atoms with Crippen molar-refractivity contribution in [2.45, 2.75) is 71.7 Å². The van der Waals surface area contributed by atoms with Crippen molar-refractivity contribution < 1.29 is 23.1 Å². The van der Waals surface area contributed by atoms with Crippen LogP contribution in [0.3, 0.4) is 0 Å². The number of furan rings is 1. The Labute approximate surface area is 187 Å². The van der Waals surface area contributed by atoms with Crippen molar-refractivity contribution in [1.82, 2.24) is 0 Å². The summed E-state index contributed by atoms with van der Waals surface area (Å²) in [7, 11) is -0.430. The molecule has 0 aliphatic heterocycles. The Morgan fingerprint density at radius 2 is 1.61 bits per heavy atom. The van der Waals surface area contributed by atoms with E-state index in [2.05, 4.69) is 41.5 Å². The summed E-state index contributed by atoms with van der Waals surface area (Å²) in [4.78, 5) is 10.9. The lowest BCUT2D eigenvalue weighted by molar-refractivity contribution is -0.142. The molecular weight excluding hydrogens is 408 g/mol. The Morgan fingerprint density at radius 1 is 0.968 bits per heavy atom. The van der Waals surface area contributed by atoms with E-state index in [1.807, 2.05) is 36.4 Å². The first-order valence-corrected chi connectivity index (χ1v) is 13.0. The molecule has 0 saturated carbocycles. The van der Waals surface area contributed by atoms with Gasteiger partial charge in [-0.1, -0.05) is 53.7 Å². The minimum atomic E-state index is -2.11. The molecule has 0 spiro atoms. The Balaban J connectivity index is 2.29. The fourth-order valence-electron chi connectivity index (χ4n) is 4.33. The van der Waals surface area contributed by atoms with Crippen LogP contribution in [0.25, 0.3) is 12.2 Å². The summed E-state index contributed by atoms with van der Waals surface area (Å²) in [5.41, 5.74) is 2.40. The third-order valence-corrected chi connectivity index (χ3v) is 11.7. The highest BCUT2D eigenvalue weighted by atomic mass is 28.4. The quantitative estimate of drug-likeness (QED) is 0.289. The monoisotopic (exact) mass is 444 g/mol. The second-order valence-electron chi connectivity index (χ2n) is 8.75. The van der Waals surface area contributed by atoms with Crippen LogP contribution in [-0.4, -0.2) is 21.4 Å². The second kappa shape index (κ2) is 10.7. The summed E-state index contributed by atoms with van der Waals surface area (Å²) in [6.07, 6.45) is 3.87. The molecule has 0 radical (unpaired) electrons. The highest BCUT2D eigenvalue weighted by molar-refractivity contribution is 6.78. The molecule has 2 aromatic rings. The van der Waals surface area contributed by atoms with Gasteiger partial charge < -0.3 is 18.3 Å². The zero-order chi connectivity index (χ0) is 23.2. The summed E-state index contributed by atoms with van der Waals surface area (Å²) < 4.78 is 23.1. The maximum absolute atomic E-state index is 10.9. The van der Waals surface area contributed by atoms with E-state index in [4.69, 9.17) is 18.3 Å². The molecule has 0 atom stereocenters. The highest BCUT2D eigenvalue weighted by Gasteiger charge is 2.47. The van der Waals surface area contributed by atoms with E-state index in [9.17, 15) is 4.79 Å². The van der Waals surface area contributed by atoms with Crippen molar-refractivity contribution in [3.8, 4) is 11.5 Å². The highest BCUT2D eigenvalue weighted by Crippen LogP contribution is 2.44. The van der Waals surface area contributed by atoms with E-state index in [1.54, 1.807) is 13.2 Å². The molecule has 0 bridgehead atoms. The van der Waals surface area contributed by atoms with Crippen LogP contribution in [-0.2, 0) is 16.1 Å². The maximum atomic E-state index is 10.9. The molecule has 0 amide bonds. The number of benzene rings is 1. The number of hydrogen-bond acceptors (Lipinski definition) is 5. The fourth-order valence-corrected chi connectivity index (χ4v) is 9.58. The van der Waals surface area contributed by atoms with E-state index >= 15 is 0 Å². The maximum Gasteiger partial charge on any atom is 0.303 e. The number of rotatable bonds is 10. The van der Waals surface area contributed by atoms with Crippen molar-refractivity contribution in [3.05, 3.63) is 47.4 Å². The minimum absolute atomic E-state index is 0.135. The van der Waals surface area contributed by atoms with Gasteiger partial charge in [-0.15, -0.1) is 0 Å². The van der Waals surface area contributed by atoms with Gasteiger partial charge in [0.05, 0.1) is 7.11 Å². The Bertz CT molecular complexity index is 873. The van der Waals surface area contributed by atoms with Crippen molar-refractivity contribution in [2.24, 2.45) is 0 Å². The molecule has 2 rings (SSSR count). The largest absolute Gasteiger partial charge is 0.540 e. The van der Waals surface area contributed by atoms with E-state index < -0.39 is 8.32 Å². The molecule has 0 unspecified atom stereocenters. The van der Waals surface area contributed by atoms with Gasteiger partial charge in [0.15, 0.2) is 5.75 Å². The van der Waals surface area contributed by atoms with Gasteiger partial charge in [-0.2, -0.15) is 0 Å². The van der Waals surface area contributed by atoms with Crippen molar-refractivity contribution in [3.63, 3.8) is 0 Å². The number of ether oxygens (including phenoxy) is 2. The predicted molar refractivity (Wildman–Crippen MR) is 128 cm³/mol. The van der Waals surface area contributed by atoms with Gasteiger partial charge in [0.25, 0.3) is 8.32 Å². The fraction of sp³-hybridized carbons (Fsp3) is 0.480. The Kier molecular flexibility index (Phi) is 8.57. The number of carbonyl (C=O) groups excluding carboxylic acids is 1. The molecule has 0 aliphatic rings. The Hall–Kier alpha value is -2.47. The normalized spacial score (nSPS) is 12.2. The zero-order valence-corrected chi connectivity index (χ0v) is 21.0. The van der Waals surface area contributed by atoms with Crippen LogP contribution in [0.1, 0.15) is 65.6 Å². The predicted octanol–water partition coefficient (Wildman–Crippen LogP) is 7.08. The lowest BCUT2D eigenvalue weighted by atomic mass is 10.2. The minimum Gasteiger partial charge on any atom is -0.540 e. The number of carbonyl (C=O) groups is 1. The average molecular weight is 445 g/mol. The van der Waals surface area contributed by atoms with Gasteiger partial charge in [0.1, 0.15) is 23.9 Å². The average Bonchev–Trinajstić information content (AvgIpc) is 3.16. The first kappa shape index (κ1) is 24.8. The number of methoxy groups -OCH3 is 1. The summed E-state index contributed by atoms with van der Waals surface area (Å²) >= 11 is 0. The second-order valence-corrected chi connectivity index (χ2v) is 14.1. The molecule has 1 aromatic heterocycles. The van der Waals surface area contributed by atoms with Gasteiger partial charge in [-0.3, -0.25) is 4.79 Å². The van der Waals surface area contributed by atoms with Crippen molar-refractivity contribution in [1.29, 1.82) is 0 Å². The van der Waals surface area contributed by atoms with Crippen LogP contribution in [0, 0.1) is 0 Å². The van der Waals surface area contributed by atoms with Crippen LogP contribution in [0.5, 0.6) is 11.5 Å². The SMILES string of the molecule is COc1ccc(C=Cc2ccc(COC(C)=O)o2)cc1O[Si](C(C)C)(C(C)C)C(C)C. The van der Waals surface area contributed by atoms with Crippen LogP contribution in [0.2, 0.25) is 16.6 Å². The first-order chi connectivity index (χ1) is 14.6. The number of hydrogen-bond donors (Lipinski definition) is 0. The molecule has 0 fully saturated rings. The molecule has 31 heavy (non-hydrogen) atoms. The molecule has 5 nitrogen and oxygen atoms in total. The Morgan fingerprint density at radius 3 is 2.16 bits per heavy atom. The molecule has 6 heteroatoms. The van der Waals surface area contributed by atoms with Gasteiger partial charge >= 0.3 is 5.97 Å². The van der Waals surface area contributed by atoms with Gasteiger partial charge in [-0.05, 0) is 52.5 Å². The van der Waals surface area contributed by atoms with Crippen molar-refractivity contribution in [2.75, 3.05) is 7.11 Å². The molecule has 170 valence electrons. The van der Waals surface area contributed by atoms with Gasteiger partial charge in [-0.25, -0.2) is 0 Å². The van der Waals surface area contributed by atoms with Crippen LogP contribution in [0.15, 0.2) is 34.7 Å². The molecule has 1 heterocycles. The lowest BCUT2D eigenvalue weighted by Gasteiger charge is -2.42. The number of esters is 1.